The summed E-state index contributed by atoms with van der Waals surface area (Å²) < 4.78 is 8.82. The molecule has 7 nitrogen and oxygen atoms in total. The molecular weight excluding hydrogens is 510 g/mol. The number of aldehydes is 1. The Morgan fingerprint density at radius 2 is 1.95 bits per heavy atom. The van der Waals surface area contributed by atoms with Crippen LogP contribution in [0.15, 0.2) is 69.4 Å². The summed E-state index contributed by atoms with van der Waals surface area (Å²) in [6, 6.07) is 15.2. The fourth-order valence-corrected chi connectivity index (χ4v) is 5.58. The minimum Gasteiger partial charge on any atom is -0.451 e. The van der Waals surface area contributed by atoms with Gasteiger partial charge in [0, 0.05) is 37.5 Å². The predicted octanol–water partition coefficient (Wildman–Crippen LogP) is 5.91. The number of carbonyl (C=O) groups excluding carboxylic acids is 2. The number of nitrogens with zero attached hydrogens (tertiary/aromatic N) is 1. The molecule has 0 aliphatic heterocycles. The maximum absolute atomic E-state index is 12.7. The molecule has 0 saturated heterocycles. The van der Waals surface area contributed by atoms with Crippen LogP contribution in [0, 0.1) is 0 Å². The van der Waals surface area contributed by atoms with Crippen LogP contribution in [-0.4, -0.2) is 43.5 Å². The van der Waals surface area contributed by atoms with Gasteiger partial charge in [-0.1, -0.05) is 47.9 Å². The summed E-state index contributed by atoms with van der Waals surface area (Å²) in [6.45, 7) is 2.20. The molecule has 0 radical (unpaired) electrons. The molecule has 1 amide bonds. The zero-order chi connectivity index (χ0) is 27.6. The summed E-state index contributed by atoms with van der Waals surface area (Å²) in [5.41, 5.74) is 5.10. The molecule has 3 aromatic rings. The maximum atomic E-state index is 12.7. The largest absolute Gasteiger partial charge is 0.451 e. The first kappa shape index (κ1) is 28.6. The van der Waals surface area contributed by atoms with Crippen molar-refractivity contribution >= 4 is 40.8 Å². The number of nitrogens with one attached hydrogen (secondary N) is 2. The van der Waals surface area contributed by atoms with Crippen LogP contribution in [0.25, 0.3) is 11.0 Å². The van der Waals surface area contributed by atoms with E-state index in [9.17, 15) is 14.4 Å². The summed E-state index contributed by atoms with van der Waals surface area (Å²) in [7, 11) is 2.11. The third-order valence-corrected chi connectivity index (χ3v) is 7.69. The third-order valence-electron chi connectivity index (χ3n) is 7.25. The molecule has 206 valence electrons. The molecule has 0 atom stereocenters. The topological polar surface area (TPSA) is 91.7 Å². The smallest absolute Gasteiger partial charge is 0.287 e. The van der Waals surface area contributed by atoms with E-state index < -0.39 is 5.91 Å². The lowest BCUT2D eigenvalue weighted by Gasteiger charge is -2.27. The Hall–Kier alpha value is -3.36. The van der Waals surface area contributed by atoms with Gasteiger partial charge in [-0.3, -0.25) is 9.59 Å². The van der Waals surface area contributed by atoms with Crippen LogP contribution >= 0.6 is 11.9 Å². The number of unbranched alkanes of at least 4 members (excludes halogenated alkanes) is 1. The Kier molecular flexibility index (Phi) is 10.4. The molecule has 1 aromatic heterocycles. The van der Waals surface area contributed by atoms with Crippen molar-refractivity contribution in [2.45, 2.75) is 51.0 Å². The van der Waals surface area contributed by atoms with E-state index in [4.69, 9.17) is 4.42 Å². The summed E-state index contributed by atoms with van der Waals surface area (Å²) >= 11 is 1.44. The number of benzene rings is 2. The van der Waals surface area contributed by atoms with Gasteiger partial charge in [0.15, 0.2) is 11.2 Å². The second kappa shape index (κ2) is 14.1. The second-order valence-electron chi connectivity index (χ2n) is 10.1. The van der Waals surface area contributed by atoms with Gasteiger partial charge in [-0.05, 0) is 80.9 Å². The average Bonchev–Trinajstić information content (AvgIpc) is 2.94. The SMILES string of the molecule is CSNc1ccc2oc(C(=O)NCC=C3CCC(c4ccccc4CN(C)CCCC=O)CC3)cc(=O)c2c1. The van der Waals surface area contributed by atoms with E-state index in [1.165, 1.54) is 34.7 Å². The van der Waals surface area contributed by atoms with Crippen molar-refractivity contribution in [1.29, 1.82) is 0 Å². The monoisotopic (exact) mass is 547 g/mol. The highest BCUT2D eigenvalue weighted by atomic mass is 32.2. The van der Waals surface area contributed by atoms with E-state index in [0.717, 1.165) is 57.2 Å². The van der Waals surface area contributed by atoms with Crippen molar-refractivity contribution in [3.05, 3.63) is 87.3 Å². The fourth-order valence-electron chi connectivity index (χ4n) is 5.22. The third kappa shape index (κ3) is 7.83. The molecule has 4 rings (SSSR count). The van der Waals surface area contributed by atoms with Crippen LogP contribution in [0.4, 0.5) is 5.69 Å². The summed E-state index contributed by atoms with van der Waals surface area (Å²) in [6.07, 6.45) is 10.7. The predicted molar refractivity (Wildman–Crippen MR) is 159 cm³/mol. The lowest BCUT2D eigenvalue weighted by atomic mass is 9.80. The summed E-state index contributed by atoms with van der Waals surface area (Å²) in [4.78, 5) is 38.2. The van der Waals surface area contributed by atoms with Crippen LogP contribution < -0.4 is 15.5 Å². The molecule has 2 N–H and O–H groups in total. The van der Waals surface area contributed by atoms with Crippen LogP contribution in [0.5, 0.6) is 0 Å². The van der Waals surface area contributed by atoms with Gasteiger partial charge in [0.05, 0.1) is 5.39 Å². The molecule has 1 aliphatic rings. The number of hydrogen-bond acceptors (Lipinski definition) is 7. The minimum atomic E-state index is -0.392. The normalized spacial score (nSPS) is 15.4. The number of fused-ring (bicyclic) bond motifs is 1. The van der Waals surface area contributed by atoms with Gasteiger partial charge in [0.25, 0.3) is 5.91 Å². The molecule has 1 saturated carbocycles. The quantitative estimate of drug-likeness (QED) is 0.126. The van der Waals surface area contributed by atoms with Crippen LogP contribution in [0.2, 0.25) is 0 Å². The van der Waals surface area contributed by atoms with Crippen molar-refractivity contribution in [2.24, 2.45) is 0 Å². The Balaban J connectivity index is 1.30. The number of rotatable bonds is 12. The molecule has 2 aromatic carbocycles. The highest BCUT2D eigenvalue weighted by molar-refractivity contribution is 7.99. The molecule has 8 heteroatoms. The molecule has 1 fully saturated rings. The first-order chi connectivity index (χ1) is 19.0. The first-order valence-corrected chi connectivity index (χ1v) is 14.7. The standard InChI is InChI=1S/C31H37N3O4S/c1-34(17-5-6-18-35)21-24-7-3-4-8-26(24)23-11-9-22(10-12-23)15-16-32-31(37)30-20-28(36)27-19-25(33-39-2)13-14-29(27)38-30/h3-4,7-8,13-15,18-20,23,33H,5-6,9-12,16-17,21H2,1-2H3,(H,32,37). The van der Waals surface area contributed by atoms with Crippen LogP contribution in [0.1, 0.15) is 66.1 Å². The van der Waals surface area contributed by atoms with Crippen molar-refractivity contribution in [1.82, 2.24) is 10.2 Å². The van der Waals surface area contributed by atoms with E-state index in [1.54, 1.807) is 12.1 Å². The lowest BCUT2D eigenvalue weighted by Crippen LogP contribution is -2.25. The Labute approximate surface area is 234 Å². The van der Waals surface area contributed by atoms with E-state index in [-0.39, 0.29) is 11.2 Å². The molecule has 0 bridgehead atoms. The van der Waals surface area contributed by atoms with E-state index >= 15 is 0 Å². The minimum absolute atomic E-state index is 0.0212. The number of anilines is 1. The highest BCUT2D eigenvalue weighted by Gasteiger charge is 2.21. The van der Waals surface area contributed by atoms with Gasteiger partial charge in [-0.2, -0.15) is 0 Å². The van der Waals surface area contributed by atoms with E-state index in [2.05, 4.69) is 52.3 Å². The van der Waals surface area contributed by atoms with Crippen LogP contribution in [0.3, 0.4) is 0 Å². The number of allylic oxidation sites excluding steroid dienone is 1. The molecule has 1 aliphatic carbocycles. The van der Waals surface area contributed by atoms with Crippen molar-refractivity contribution < 1.29 is 14.0 Å². The number of amides is 1. The van der Waals surface area contributed by atoms with Crippen molar-refractivity contribution in [3.8, 4) is 0 Å². The molecule has 0 spiro atoms. The van der Waals surface area contributed by atoms with Gasteiger partial charge < -0.3 is 24.2 Å². The zero-order valence-electron chi connectivity index (χ0n) is 22.7. The highest BCUT2D eigenvalue weighted by Crippen LogP contribution is 2.37. The van der Waals surface area contributed by atoms with Gasteiger partial charge in [-0.25, -0.2) is 0 Å². The zero-order valence-corrected chi connectivity index (χ0v) is 23.5. The second-order valence-corrected chi connectivity index (χ2v) is 10.7. The summed E-state index contributed by atoms with van der Waals surface area (Å²) in [5, 5.41) is 3.31. The van der Waals surface area contributed by atoms with Gasteiger partial charge in [-0.15, -0.1) is 0 Å². The average molecular weight is 548 g/mol. The van der Waals surface area contributed by atoms with Crippen molar-refractivity contribution in [3.63, 3.8) is 0 Å². The molecule has 1 heterocycles. The van der Waals surface area contributed by atoms with Crippen molar-refractivity contribution in [2.75, 3.05) is 31.1 Å². The number of hydrogen-bond donors (Lipinski definition) is 2. The van der Waals surface area contributed by atoms with Gasteiger partial charge >= 0.3 is 0 Å². The molecule has 0 unspecified atom stereocenters. The Bertz CT molecular complexity index is 1370. The van der Waals surface area contributed by atoms with Gasteiger partial charge in [0.2, 0.25) is 0 Å². The maximum Gasteiger partial charge on any atom is 0.287 e. The summed E-state index contributed by atoms with van der Waals surface area (Å²) in [5.74, 6) is 0.153. The lowest BCUT2D eigenvalue weighted by molar-refractivity contribution is -0.108. The van der Waals surface area contributed by atoms with Gasteiger partial charge in [0.1, 0.15) is 11.9 Å². The number of carbonyl (C=O) groups is 2. The Morgan fingerprint density at radius 3 is 2.72 bits per heavy atom. The molecule has 39 heavy (non-hydrogen) atoms. The Morgan fingerprint density at radius 1 is 1.15 bits per heavy atom. The fraction of sp³-hybridized carbons (Fsp3) is 0.387. The van der Waals surface area contributed by atoms with E-state index in [1.807, 2.05) is 12.3 Å². The molecular formula is C31H37N3O4S. The van der Waals surface area contributed by atoms with Crippen LogP contribution in [-0.2, 0) is 11.3 Å². The first-order valence-electron chi connectivity index (χ1n) is 13.5. The van der Waals surface area contributed by atoms with E-state index in [0.29, 0.717) is 29.9 Å².